The minimum atomic E-state index is -0.466. The maximum Gasteiger partial charge on any atom is 0.145 e. The van der Waals surface area contributed by atoms with Gasteiger partial charge in [-0.15, -0.1) is 0 Å². The molecule has 0 bridgehead atoms. The van der Waals surface area contributed by atoms with E-state index < -0.39 is 5.82 Å². The lowest BCUT2D eigenvalue weighted by Gasteiger charge is -2.12. The van der Waals surface area contributed by atoms with Crippen LogP contribution in [0.5, 0.6) is 0 Å². The first-order chi connectivity index (χ1) is 10.0. The van der Waals surface area contributed by atoms with E-state index >= 15 is 0 Å². The molecule has 2 aromatic rings. The van der Waals surface area contributed by atoms with Crippen molar-refractivity contribution >= 4 is 17.3 Å². The van der Waals surface area contributed by atoms with Crippen molar-refractivity contribution in [2.24, 2.45) is 5.84 Å². The van der Waals surface area contributed by atoms with Crippen LogP contribution >= 0.6 is 0 Å². The summed E-state index contributed by atoms with van der Waals surface area (Å²) in [4.78, 5) is 8.59. The Bertz CT molecular complexity index is 692. The number of hydrogen-bond donors (Lipinski definition) is 3. The van der Waals surface area contributed by atoms with E-state index in [2.05, 4.69) is 20.7 Å². The standard InChI is InChI=1S/C14H15FN6/c1-8(2)14-19-12(6-13(20-14)21-17)18-11-4-3-10(15)5-9(11)7-16/h3-6,8H,17H2,1-2H3,(H2,18,19,20,21). The Kier molecular flexibility index (Phi) is 4.30. The van der Waals surface area contributed by atoms with Gasteiger partial charge in [0.2, 0.25) is 0 Å². The normalized spacial score (nSPS) is 10.3. The topological polar surface area (TPSA) is 99.6 Å². The summed E-state index contributed by atoms with van der Waals surface area (Å²) >= 11 is 0. The molecule has 0 atom stereocenters. The molecule has 0 saturated carbocycles. The smallest absolute Gasteiger partial charge is 0.145 e. The zero-order valence-electron chi connectivity index (χ0n) is 11.7. The highest BCUT2D eigenvalue weighted by Gasteiger charge is 2.10. The van der Waals surface area contributed by atoms with E-state index in [0.717, 1.165) is 6.07 Å². The number of hydrazine groups is 1. The van der Waals surface area contributed by atoms with Gasteiger partial charge < -0.3 is 10.7 Å². The van der Waals surface area contributed by atoms with Crippen molar-refractivity contribution in [1.82, 2.24) is 9.97 Å². The quantitative estimate of drug-likeness (QED) is 0.590. The molecule has 0 unspecified atom stereocenters. The van der Waals surface area contributed by atoms with Gasteiger partial charge in [0.1, 0.15) is 29.3 Å². The zero-order chi connectivity index (χ0) is 15.4. The molecule has 21 heavy (non-hydrogen) atoms. The van der Waals surface area contributed by atoms with Crippen LogP contribution in [0.2, 0.25) is 0 Å². The molecule has 108 valence electrons. The third-order valence-corrected chi connectivity index (χ3v) is 2.77. The van der Waals surface area contributed by atoms with Crippen LogP contribution in [0.4, 0.5) is 21.7 Å². The molecule has 0 aliphatic carbocycles. The highest BCUT2D eigenvalue weighted by molar-refractivity contribution is 5.65. The maximum absolute atomic E-state index is 13.1. The second-order valence-electron chi connectivity index (χ2n) is 4.72. The first-order valence-corrected chi connectivity index (χ1v) is 6.35. The summed E-state index contributed by atoms with van der Waals surface area (Å²) in [6.45, 7) is 3.91. The fourth-order valence-corrected chi connectivity index (χ4v) is 1.72. The number of hydrogen-bond acceptors (Lipinski definition) is 6. The lowest BCUT2D eigenvalue weighted by molar-refractivity contribution is 0.627. The minimum Gasteiger partial charge on any atom is -0.339 e. The predicted octanol–water partition coefficient (Wildman–Crippen LogP) is 2.64. The Labute approximate surface area is 121 Å². The first kappa shape index (κ1) is 14.7. The summed E-state index contributed by atoms with van der Waals surface area (Å²) in [6, 6.07) is 7.47. The first-order valence-electron chi connectivity index (χ1n) is 6.35. The van der Waals surface area contributed by atoms with Crippen LogP contribution in [0.3, 0.4) is 0 Å². The van der Waals surface area contributed by atoms with Gasteiger partial charge in [0.05, 0.1) is 11.3 Å². The van der Waals surface area contributed by atoms with E-state index in [-0.39, 0.29) is 11.5 Å². The van der Waals surface area contributed by atoms with Gasteiger partial charge in [-0.3, -0.25) is 0 Å². The number of rotatable bonds is 4. The second-order valence-corrected chi connectivity index (χ2v) is 4.72. The molecule has 4 N–H and O–H groups in total. The molecule has 0 spiro atoms. The van der Waals surface area contributed by atoms with Gasteiger partial charge in [0.25, 0.3) is 0 Å². The minimum absolute atomic E-state index is 0.113. The number of aromatic nitrogens is 2. The van der Waals surface area contributed by atoms with Gasteiger partial charge in [-0.25, -0.2) is 20.2 Å². The summed E-state index contributed by atoms with van der Waals surface area (Å²) in [5, 5.41) is 12.0. The number of benzene rings is 1. The van der Waals surface area contributed by atoms with Crippen LogP contribution in [-0.2, 0) is 0 Å². The number of anilines is 3. The number of nitrogens with two attached hydrogens (primary N) is 1. The Balaban J connectivity index is 2.40. The van der Waals surface area contributed by atoms with Crippen molar-refractivity contribution < 1.29 is 4.39 Å². The molecule has 0 fully saturated rings. The monoisotopic (exact) mass is 286 g/mol. The van der Waals surface area contributed by atoms with Crippen LogP contribution in [-0.4, -0.2) is 9.97 Å². The average Bonchev–Trinajstić information content (AvgIpc) is 2.48. The van der Waals surface area contributed by atoms with Gasteiger partial charge in [-0.2, -0.15) is 5.26 Å². The maximum atomic E-state index is 13.1. The molecule has 0 aliphatic heterocycles. The van der Waals surface area contributed by atoms with E-state index in [1.54, 1.807) is 6.07 Å². The summed E-state index contributed by atoms with van der Waals surface area (Å²) in [5.74, 6) is 6.57. The van der Waals surface area contributed by atoms with Gasteiger partial charge in [-0.1, -0.05) is 13.8 Å². The Morgan fingerprint density at radius 2 is 1.95 bits per heavy atom. The summed E-state index contributed by atoms with van der Waals surface area (Å²) in [6.07, 6.45) is 0. The lowest BCUT2D eigenvalue weighted by Crippen LogP contribution is -2.12. The summed E-state index contributed by atoms with van der Waals surface area (Å²) in [7, 11) is 0. The Morgan fingerprint density at radius 3 is 2.57 bits per heavy atom. The molecular weight excluding hydrogens is 271 g/mol. The van der Waals surface area contributed by atoms with Crippen molar-refractivity contribution in [3.63, 3.8) is 0 Å². The number of halogens is 1. The van der Waals surface area contributed by atoms with Gasteiger partial charge in [0, 0.05) is 12.0 Å². The number of nitriles is 1. The van der Waals surface area contributed by atoms with Crippen molar-refractivity contribution in [1.29, 1.82) is 5.26 Å². The second kappa shape index (κ2) is 6.15. The van der Waals surface area contributed by atoms with Crippen LogP contribution in [0.1, 0.15) is 31.2 Å². The van der Waals surface area contributed by atoms with Crippen LogP contribution in [0.15, 0.2) is 24.3 Å². The molecule has 6 nitrogen and oxygen atoms in total. The van der Waals surface area contributed by atoms with Crippen LogP contribution in [0, 0.1) is 17.1 Å². The van der Waals surface area contributed by atoms with Gasteiger partial charge >= 0.3 is 0 Å². The highest BCUT2D eigenvalue weighted by atomic mass is 19.1. The van der Waals surface area contributed by atoms with E-state index in [9.17, 15) is 4.39 Å². The largest absolute Gasteiger partial charge is 0.339 e. The molecule has 0 saturated heterocycles. The molecule has 2 rings (SSSR count). The third-order valence-electron chi connectivity index (χ3n) is 2.77. The van der Waals surface area contributed by atoms with Crippen molar-refractivity contribution in [2.45, 2.75) is 19.8 Å². The Hall–Kier alpha value is -2.72. The summed E-state index contributed by atoms with van der Waals surface area (Å²) in [5.41, 5.74) is 3.13. The number of nitrogens with zero attached hydrogens (tertiary/aromatic N) is 3. The van der Waals surface area contributed by atoms with E-state index in [4.69, 9.17) is 11.1 Å². The van der Waals surface area contributed by atoms with Crippen LogP contribution < -0.4 is 16.6 Å². The molecule has 1 aromatic heterocycles. The SMILES string of the molecule is CC(C)c1nc(NN)cc(Nc2ccc(F)cc2C#N)n1. The van der Waals surface area contributed by atoms with E-state index in [0.29, 0.717) is 23.1 Å². The summed E-state index contributed by atoms with van der Waals surface area (Å²) < 4.78 is 13.1. The van der Waals surface area contributed by atoms with Gasteiger partial charge in [0.15, 0.2) is 0 Å². The molecule has 0 radical (unpaired) electrons. The molecule has 1 aromatic carbocycles. The molecule has 0 aliphatic rings. The average molecular weight is 286 g/mol. The van der Waals surface area contributed by atoms with E-state index in [1.165, 1.54) is 12.1 Å². The fourth-order valence-electron chi connectivity index (χ4n) is 1.72. The van der Waals surface area contributed by atoms with Crippen molar-refractivity contribution in [2.75, 3.05) is 10.7 Å². The third kappa shape index (κ3) is 3.43. The highest BCUT2D eigenvalue weighted by Crippen LogP contribution is 2.23. The molecule has 7 heteroatoms. The van der Waals surface area contributed by atoms with Crippen molar-refractivity contribution in [3.8, 4) is 6.07 Å². The molecule has 1 heterocycles. The fraction of sp³-hybridized carbons (Fsp3) is 0.214. The predicted molar refractivity (Wildman–Crippen MR) is 78.3 cm³/mol. The number of nitrogen functional groups attached to an aromatic ring is 1. The van der Waals surface area contributed by atoms with Crippen molar-refractivity contribution in [3.05, 3.63) is 41.5 Å². The lowest BCUT2D eigenvalue weighted by atomic mass is 10.2. The van der Waals surface area contributed by atoms with E-state index in [1.807, 2.05) is 19.9 Å². The van der Waals surface area contributed by atoms with Gasteiger partial charge in [-0.05, 0) is 18.2 Å². The Morgan fingerprint density at radius 1 is 1.24 bits per heavy atom. The zero-order valence-corrected chi connectivity index (χ0v) is 11.7. The van der Waals surface area contributed by atoms with Crippen LogP contribution in [0.25, 0.3) is 0 Å². The molecule has 0 amide bonds. The number of nitrogens with one attached hydrogen (secondary N) is 2. The molecular formula is C14H15FN6.